The Bertz CT molecular complexity index is 395. The van der Waals surface area contributed by atoms with Crippen LogP contribution in [0, 0.1) is 0 Å². The number of carbonyl (C=O) groups is 1. The standard InChI is InChI=1S/C14H28N2O3S/c1-3-5-6-9-15-14(17)7-10-16(4-2)13-8-11-20(18,19)12-13/h13H,3-12H2,1-2H3,(H,15,17). The van der Waals surface area contributed by atoms with E-state index in [1.54, 1.807) is 0 Å². The van der Waals surface area contributed by atoms with Gasteiger partial charge in [0.15, 0.2) is 9.84 Å². The predicted molar refractivity (Wildman–Crippen MR) is 81.5 cm³/mol. The highest BCUT2D eigenvalue weighted by Gasteiger charge is 2.31. The minimum Gasteiger partial charge on any atom is -0.356 e. The molecule has 1 heterocycles. The quantitative estimate of drug-likeness (QED) is 0.650. The summed E-state index contributed by atoms with van der Waals surface area (Å²) >= 11 is 0. The molecule has 1 fully saturated rings. The third kappa shape index (κ3) is 6.22. The van der Waals surface area contributed by atoms with E-state index in [-0.39, 0.29) is 23.5 Å². The molecular weight excluding hydrogens is 276 g/mol. The van der Waals surface area contributed by atoms with Crippen LogP contribution in [0.15, 0.2) is 0 Å². The number of rotatable bonds is 9. The van der Waals surface area contributed by atoms with Gasteiger partial charge in [-0.2, -0.15) is 0 Å². The van der Waals surface area contributed by atoms with Crippen molar-refractivity contribution in [3.05, 3.63) is 0 Å². The molecule has 1 N–H and O–H groups in total. The molecule has 1 unspecified atom stereocenters. The first kappa shape index (κ1) is 17.4. The van der Waals surface area contributed by atoms with Crippen LogP contribution in [0.25, 0.3) is 0 Å². The molecular formula is C14H28N2O3S. The Morgan fingerprint density at radius 1 is 1.30 bits per heavy atom. The molecule has 0 bridgehead atoms. The fourth-order valence-corrected chi connectivity index (χ4v) is 4.36. The number of hydrogen-bond donors (Lipinski definition) is 1. The molecule has 20 heavy (non-hydrogen) atoms. The van der Waals surface area contributed by atoms with Gasteiger partial charge in [0, 0.05) is 25.6 Å². The highest BCUT2D eigenvalue weighted by molar-refractivity contribution is 7.91. The van der Waals surface area contributed by atoms with Gasteiger partial charge in [0.25, 0.3) is 0 Å². The maximum Gasteiger partial charge on any atom is 0.221 e. The molecule has 6 heteroatoms. The SMILES string of the molecule is CCCCCNC(=O)CCN(CC)C1CCS(=O)(=O)C1. The van der Waals surface area contributed by atoms with E-state index >= 15 is 0 Å². The summed E-state index contributed by atoms with van der Waals surface area (Å²) in [6.45, 7) is 6.34. The van der Waals surface area contributed by atoms with Gasteiger partial charge in [0.1, 0.15) is 0 Å². The molecule has 5 nitrogen and oxygen atoms in total. The van der Waals surface area contributed by atoms with Gasteiger partial charge in [0.05, 0.1) is 11.5 Å². The van der Waals surface area contributed by atoms with Gasteiger partial charge in [-0.1, -0.05) is 26.7 Å². The van der Waals surface area contributed by atoms with Gasteiger partial charge in [-0.25, -0.2) is 8.42 Å². The van der Waals surface area contributed by atoms with Crippen LogP contribution in [0.2, 0.25) is 0 Å². The molecule has 0 aliphatic carbocycles. The van der Waals surface area contributed by atoms with Crippen molar-refractivity contribution in [3.8, 4) is 0 Å². The van der Waals surface area contributed by atoms with Crippen LogP contribution in [-0.2, 0) is 14.6 Å². The highest BCUT2D eigenvalue weighted by Crippen LogP contribution is 2.17. The number of carbonyl (C=O) groups excluding carboxylic acids is 1. The molecule has 0 radical (unpaired) electrons. The number of hydrogen-bond acceptors (Lipinski definition) is 4. The minimum atomic E-state index is -2.85. The van der Waals surface area contributed by atoms with Crippen molar-refractivity contribution in [1.82, 2.24) is 10.2 Å². The Kier molecular flexibility index (Phi) is 7.51. The second-order valence-corrected chi connectivity index (χ2v) is 7.72. The Balaban J connectivity index is 2.26. The van der Waals surface area contributed by atoms with Gasteiger partial charge in [0.2, 0.25) is 5.91 Å². The van der Waals surface area contributed by atoms with Crippen molar-refractivity contribution in [2.75, 3.05) is 31.1 Å². The van der Waals surface area contributed by atoms with Crippen LogP contribution in [0.3, 0.4) is 0 Å². The van der Waals surface area contributed by atoms with E-state index < -0.39 is 9.84 Å². The molecule has 1 saturated heterocycles. The number of amides is 1. The van der Waals surface area contributed by atoms with E-state index in [2.05, 4.69) is 17.1 Å². The van der Waals surface area contributed by atoms with Crippen molar-refractivity contribution in [3.63, 3.8) is 0 Å². The molecule has 1 aliphatic rings. The fourth-order valence-electron chi connectivity index (χ4n) is 2.60. The first-order chi connectivity index (χ1) is 9.48. The Morgan fingerprint density at radius 2 is 2.05 bits per heavy atom. The molecule has 1 amide bonds. The first-order valence-corrected chi connectivity index (χ1v) is 9.51. The third-order valence-electron chi connectivity index (χ3n) is 3.86. The maximum absolute atomic E-state index is 11.7. The lowest BCUT2D eigenvalue weighted by atomic mass is 10.2. The van der Waals surface area contributed by atoms with E-state index in [4.69, 9.17) is 0 Å². The molecule has 0 aromatic rings. The summed E-state index contributed by atoms with van der Waals surface area (Å²) < 4.78 is 23.0. The van der Waals surface area contributed by atoms with E-state index in [0.717, 1.165) is 32.4 Å². The van der Waals surface area contributed by atoms with Crippen LogP contribution < -0.4 is 5.32 Å². The normalized spacial score (nSPS) is 21.2. The van der Waals surface area contributed by atoms with Crippen molar-refractivity contribution in [2.45, 2.75) is 52.0 Å². The van der Waals surface area contributed by atoms with Gasteiger partial charge in [-0.15, -0.1) is 0 Å². The second-order valence-electron chi connectivity index (χ2n) is 5.49. The minimum absolute atomic E-state index is 0.0698. The third-order valence-corrected chi connectivity index (χ3v) is 5.61. The Labute approximate surface area is 123 Å². The van der Waals surface area contributed by atoms with Crippen molar-refractivity contribution in [2.24, 2.45) is 0 Å². The van der Waals surface area contributed by atoms with E-state index in [1.165, 1.54) is 0 Å². The molecule has 0 aromatic carbocycles. The lowest BCUT2D eigenvalue weighted by Gasteiger charge is -2.26. The summed E-state index contributed by atoms with van der Waals surface area (Å²) in [4.78, 5) is 13.8. The lowest BCUT2D eigenvalue weighted by molar-refractivity contribution is -0.121. The average Bonchev–Trinajstić information content (AvgIpc) is 2.76. The van der Waals surface area contributed by atoms with Gasteiger partial charge in [-0.05, 0) is 19.4 Å². The topological polar surface area (TPSA) is 66.5 Å². The summed E-state index contributed by atoms with van der Waals surface area (Å²) in [5, 5.41) is 2.92. The molecule has 0 aromatic heterocycles. The number of nitrogens with one attached hydrogen (secondary N) is 1. The van der Waals surface area contributed by atoms with Crippen LogP contribution in [0.4, 0.5) is 0 Å². The number of sulfone groups is 1. The Hall–Kier alpha value is -0.620. The van der Waals surface area contributed by atoms with Crippen LogP contribution >= 0.6 is 0 Å². The Morgan fingerprint density at radius 3 is 2.60 bits per heavy atom. The summed E-state index contributed by atoms with van der Waals surface area (Å²) in [5.41, 5.74) is 0. The fraction of sp³-hybridized carbons (Fsp3) is 0.929. The highest BCUT2D eigenvalue weighted by atomic mass is 32.2. The molecule has 1 aliphatic heterocycles. The van der Waals surface area contributed by atoms with Gasteiger partial charge < -0.3 is 5.32 Å². The summed E-state index contributed by atoms with van der Waals surface area (Å²) in [5.74, 6) is 0.608. The van der Waals surface area contributed by atoms with Crippen molar-refractivity contribution >= 4 is 15.7 Å². The molecule has 1 rings (SSSR count). The predicted octanol–water partition coefficient (Wildman–Crippen LogP) is 1.19. The lowest BCUT2D eigenvalue weighted by Crippen LogP contribution is -2.39. The van der Waals surface area contributed by atoms with E-state index in [1.807, 2.05) is 6.92 Å². The van der Waals surface area contributed by atoms with Gasteiger partial charge in [-0.3, -0.25) is 9.69 Å². The molecule has 118 valence electrons. The average molecular weight is 304 g/mol. The number of unbranched alkanes of at least 4 members (excludes halogenated alkanes) is 2. The summed E-state index contributed by atoms with van der Waals surface area (Å²) in [6.07, 6.45) is 4.47. The van der Waals surface area contributed by atoms with E-state index in [0.29, 0.717) is 19.4 Å². The zero-order valence-corrected chi connectivity index (χ0v) is 13.5. The second kappa shape index (κ2) is 8.62. The van der Waals surface area contributed by atoms with E-state index in [9.17, 15) is 13.2 Å². The monoisotopic (exact) mass is 304 g/mol. The maximum atomic E-state index is 11.7. The zero-order valence-electron chi connectivity index (χ0n) is 12.7. The largest absolute Gasteiger partial charge is 0.356 e. The van der Waals surface area contributed by atoms with Crippen LogP contribution in [0.1, 0.15) is 46.0 Å². The summed E-state index contributed by atoms with van der Waals surface area (Å²) in [7, 11) is -2.85. The van der Waals surface area contributed by atoms with Crippen LogP contribution in [0.5, 0.6) is 0 Å². The van der Waals surface area contributed by atoms with Gasteiger partial charge >= 0.3 is 0 Å². The van der Waals surface area contributed by atoms with Crippen molar-refractivity contribution in [1.29, 1.82) is 0 Å². The summed E-state index contributed by atoms with van der Waals surface area (Å²) in [6, 6.07) is 0.0953. The first-order valence-electron chi connectivity index (χ1n) is 7.69. The zero-order chi connectivity index (χ0) is 15.0. The molecule has 1 atom stereocenters. The van der Waals surface area contributed by atoms with Crippen molar-refractivity contribution < 1.29 is 13.2 Å². The molecule has 0 saturated carbocycles. The smallest absolute Gasteiger partial charge is 0.221 e. The van der Waals surface area contributed by atoms with Crippen LogP contribution in [-0.4, -0.2) is 56.4 Å². The molecule has 0 spiro atoms. The number of nitrogens with zero attached hydrogens (tertiary/aromatic N) is 1.